The number of amides is 3. The van der Waals surface area contributed by atoms with Crippen molar-refractivity contribution in [2.24, 2.45) is 5.92 Å². The first-order chi connectivity index (χ1) is 8.56. The fraction of sp³-hybridized carbons (Fsp3) is 0.833. The maximum absolute atomic E-state index is 11.5. The van der Waals surface area contributed by atoms with Crippen LogP contribution in [0, 0.1) is 5.92 Å². The van der Waals surface area contributed by atoms with Crippen LogP contribution in [0.1, 0.15) is 26.7 Å². The molecule has 1 aliphatic heterocycles. The van der Waals surface area contributed by atoms with Crippen molar-refractivity contribution in [3.63, 3.8) is 0 Å². The van der Waals surface area contributed by atoms with Crippen molar-refractivity contribution < 1.29 is 14.3 Å². The van der Waals surface area contributed by atoms with Crippen LogP contribution in [0.25, 0.3) is 0 Å². The van der Waals surface area contributed by atoms with Gasteiger partial charge in [-0.05, 0) is 18.8 Å². The molecule has 2 N–H and O–H groups in total. The molecule has 2 fully saturated rings. The third kappa shape index (κ3) is 3.51. The SMILES string of the molecule is CC(C)CNC(=O)NCC1CN(C2CC2)C(=O)O1. The lowest BCUT2D eigenvalue weighted by Gasteiger charge is -2.12. The number of nitrogens with one attached hydrogen (secondary N) is 2. The third-order valence-electron chi connectivity index (χ3n) is 3.05. The first kappa shape index (κ1) is 13.0. The van der Waals surface area contributed by atoms with Gasteiger partial charge in [-0.2, -0.15) is 0 Å². The van der Waals surface area contributed by atoms with Crippen molar-refractivity contribution in [1.82, 2.24) is 15.5 Å². The van der Waals surface area contributed by atoms with Gasteiger partial charge in [0.2, 0.25) is 0 Å². The summed E-state index contributed by atoms with van der Waals surface area (Å²) in [6, 6.07) is 0.168. The lowest BCUT2D eigenvalue weighted by Crippen LogP contribution is -2.42. The average molecular weight is 255 g/mol. The van der Waals surface area contributed by atoms with E-state index in [1.807, 2.05) is 13.8 Å². The van der Waals surface area contributed by atoms with Gasteiger partial charge in [-0.1, -0.05) is 13.8 Å². The fourth-order valence-corrected chi connectivity index (χ4v) is 1.90. The lowest BCUT2D eigenvalue weighted by molar-refractivity contribution is 0.131. The minimum absolute atomic E-state index is 0.204. The van der Waals surface area contributed by atoms with Crippen molar-refractivity contribution in [2.75, 3.05) is 19.6 Å². The second-order valence-corrected chi connectivity index (χ2v) is 5.37. The van der Waals surface area contributed by atoms with Crippen molar-refractivity contribution in [1.29, 1.82) is 0 Å². The van der Waals surface area contributed by atoms with Crippen molar-refractivity contribution in [3.8, 4) is 0 Å². The molecule has 2 aliphatic rings. The van der Waals surface area contributed by atoms with Gasteiger partial charge in [-0.3, -0.25) is 0 Å². The van der Waals surface area contributed by atoms with Gasteiger partial charge in [-0.15, -0.1) is 0 Å². The van der Waals surface area contributed by atoms with E-state index < -0.39 is 0 Å². The van der Waals surface area contributed by atoms with E-state index in [0.717, 1.165) is 12.8 Å². The fourth-order valence-electron chi connectivity index (χ4n) is 1.90. The first-order valence-corrected chi connectivity index (χ1v) is 6.55. The van der Waals surface area contributed by atoms with Crippen LogP contribution in [-0.4, -0.2) is 48.8 Å². The topological polar surface area (TPSA) is 70.7 Å². The van der Waals surface area contributed by atoms with Crippen LogP contribution >= 0.6 is 0 Å². The van der Waals surface area contributed by atoms with E-state index in [2.05, 4.69) is 10.6 Å². The zero-order valence-electron chi connectivity index (χ0n) is 10.9. The monoisotopic (exact) mass is 255 g/mol. The summed E-state index contributed by atoms with van der Waals surface area (Å²) in [5.41, 5.74) is 0. The molecule has 2 rings (SSSR count). The largest absolute Gasteiger partial charge is 0.442 e. The van der Waals surface area contributed by atoms with Crippen LogP contribution in [0.3, 0.4) is 0 Å². The molecule has 1 aliphatic carbocycles. The normalized spacial score (nSPS) is 23.2. The van der Waals surface area contributed by atoms with E-state index in [9.17, 15) is 9.59 Å². The molecule has 1 heterocycles. The molecule has 1 unspecified atom stereocenters. The molecule has 0 spiro atoms. The summed E-state index contributed by atoms with van der Waals surface area (Å²) >= 11 is 0. The molecule has 1 atom stereocenters. The van der Waals surface area contributed by atoms with Gasteiger partial charge in [0.25, 0.3) is 0 Å². The van der Waals surface area contributed by atoms with Crippen molar-refractivity contribution in [2.45, 2.75) is 38.8 Å². The summed E-state index contributed by atoms with van der Waals surface area (Å²) in [6.07, 6.45) is 1.68. The van der Waals surface area contributed by atoms with Gasteiger partial charge in [0.1, 0.15) is 6.10 Å². The molecule has 0 aromatic rings. The number of carbonyl (C=O) groups is 2. The lowest BCUT2D eigenvalue weighted by atomic mass is 10.2. The van der Waals surface area contributed by atoms with Gasteiger partial charge in [0, 0.05) is 12.6 Å². The van der Waals surface area contributed by atoms with E-state index in [4.69, 9.17) is 4.74 Å². The minimum atomic E-state index is -0.244. The molecule has 3 amide bonds. The maximum atomic E-state index is 11.5. The van der Waals surface area contributed by atoms with Crippen LogP contribution in [0.5, 0.6) is 0 Å². The summed E-state index contributed by atoms with van der Waals surface area (Å²) in [7, 11) is 0. The van der Waals surface area contributed by atoms with E-state index in [1.165, 1.54) is 0 Å². The van der Waals surface area contributed by atoms with E-state index >= 15 is 0 Å². The molecular weight excluding hydrogens is 234 g/mol. The number of rotatable bonds is 5. The summed E-state index contributed by atoms with van der Waals surface area (Å²) < 4.78 is 5.20. The Morgan fingerprint density at radius 2 is 2.17 bits per heavy atom. The third-order valence-corrected chi connectivity index (χ3v) is 3.05. The quantitative estimate of drug-likeness (QED) is 0.767. The number of cyclic esters (lactones) is 1. The molecule has 6 heteroatoms. The molecule has 6 nitrogen and oxygen atoms in total. The zero-order valence-corrected chi connectivity index (χ0v) is 10.9. The summed E-state index contributed by atoms with van der Waals surface area (Å²) in [4.78, 5) is 24.7. The Labute approximate surface area is 107 Å². The second kappa shape index (κ2) is 5.46. The first-order valence-electron chi connectivity index (χ1n) is 6.55. The highest BCUT2D eigenvalue weighted by molar-refractivity contribution is 5.74. The smallest absolute Gasteiger partial charge is 0.410 e. The molecule has 1 saturated heterocycles. The highest BCUT2D eigenvalue weighted by Gasteiger charge is 2.40. The number of hydrogen-bond acceptors (Lipinski definition) is 3. The number of ether oxygens (including phenoxy) is 1. The molecule has 0 radical (unpaired) electrons. The van der Waals surface area contributed by atoms with Crippen LogP contribution < -0.4 is 10.6 Å². The van der Waals surface area contributed by atoms with Crippen LogP contribution in [-0.2, 0) is 4.74 Å². The highest BCUT2D eigenvalue weighted by Crippen LogP contribution is 2.30. The Kier molecular flexibility index (Phi) is 3.93. The van der Waals surface area contributed by atoms with Gasteiger partial charge in [0.05, 0.1) is 13.1 Å². The standard InChI is InChI=1S/C12H21N3O3/c1-8(2)5-13-11(16)14-6-10-7-15(9-3-4-9)12(17)18-10/h8-10H,3-7H2,1-2H3,(H2,13,14,16). The van der Waals surface area contributed by atoms with E-state index in [1.54, 1.807) is 4.90 Å². The zero-order chi connectivity index (χ0) is 13.1. The second-order valence-electron chi connectivity index (χ2n) is 5.37. The highest BCUT2D eigenvalue weighted by atomic mass is 16.6. The number of carbonyl (C=O) groups excluding carboxylic acids is 2. The Morgan fingerprint density at radius 3 is 2.78 bits per heavy atom. The molecule has 0 aromatic carbocycles. The van der Waals surface area contributed by atoms with Crippen LogP contribution in [0.2, 0.25) is 0 Å². The minimum Gasteiger partial charge on any atom is -0.442 e. The summed E-state index contributed by atoms with van der Waals surface area (Å²) in [6.45, 7) is 5.68. The number of urea groups is 1. The van der Waals surface area contributed by atoms with Gasteiger partial charge < -0.3 is 20.3 Å². The molecule has 102 valence electrons. The molecule has 18 heavy (non-hydrogen) atoms. The molecule has 1 saturated carbocycles. The van der Waals surface area contributed by atoms with Crippen molar-refractivity contribution in [3.05, 3.63) is 0 Å². The summed E-state index contributed by atoms with van der Waals surface area (Å²) in [5.74, 6) is 0.422. The van der Waals surface area contributed by atoms with Gasteiger partial charge in [0.15, 0.2) is 0 Å². The van der Waals surface area contributed by atoms with Crippen LogP contribution in [0.15, 0.2) is 0 Å². The van der Waals surface area contributed by atoms with Gasteiger partial charge in [-0.25, -0.2) is 9.59 Å². The van der Waals surface area contributed by atoms with Crippen molar-refractivity contribution >= 4 is 12.1 Å². The predicted molar refractivity (Wildman–Crippen MR) is 66.2 cm³/mol. The number of nitrogens with zero attached hydrogens (tertiary/aromatic N) is 1. The maximum Gasteiger partial charge on any atom is 0.410 e. The average Bonchev–Trinajstić information content (AvgIpc) is 3.08. The Hall–Kier alpha value is -1.46. The Bertz CT molecular complexity index is 329. The Morgan fingerprint density at radius 1 is 1.44 bits per heavy atom. The number of hydrogen-bond donors (Lipinski definition) is 2. The predicted octanol–water partition coefficient (Wildman–Crippen LogP) is 0.925. The molecule has 0 aromatic heterocycles. The van der Waals surface area contributed by atoms with E-state index in [-0.39, 0.29) is 18.2 Å². The molecule has 0 bridgehead atoms. The Balaban J connectivity index is 1.65. The van der Waals surface area contributed by atoms with E-state index in [0.29, 0.717) is 31.6 Å². The molecular formula is C12H21N3O3. The van der Waals surface area contributed by atoms with Crippen LogP contribution in [0.4, 0.5) is 9.59 Å². The summed E-state index contributed by atoms with van der Waals surface area (Å²) in [5, 5.41) is 5.49. The van der Waals surface area contributed by atoms with Gasteiger partial charge >= 0.3 is 12.1 Å².